The van der Waals surface area contributed by atoms with E-state index in [9.17, 15) is 0 Å². The van der Waals surface area contributed by atoms with Crippen molar-refractivity contribution in [1.29, 1.82) is 0 Å². The summed E-state index contributed by atoms with van der Waals surface area (Å²) in [5.74, 6) is 0.674. The van der Waals surface area contributed by atoms with Gasteiger partial charge in [-0.15, -0.1) is 11.3 Å². The van der Waals surface area contributed by atoms with Gasteiger partial charge in [0.05, 0.1) is 5.69 Å². The average Bonchev–Trinajstić information content (AvgIpc) is 3.05. The monoisotopic (exact) mass is 346 g/mol. The third-order valence-electron chi connectivity index (χ3n) is 4.28. The molecule has 1 fully saturated rings. The molecule has 1 aliphatic rings. The number of anilines is 1. The highest BCUT2D eigenvalue weighted by atomic mass is 32.1. The van der Waals surface area contributed by atoms with Crippen molar-refractivity contribution < 1.29 is 0 Å². The summed E-state index contributed by atoms with van der Waals surface area (Å²) in [4.78, 5) is 4.57. The lowest BCUT2D eigenvalue weighted by Crippen LogP contribution is -2.47. The number of nitrogens with zero attached hydrogens (tertiary/aromatic N) is 1. The van der Waals surface area contributed by atoms with Crippen molar-refractivity contribution in [3.63, 3.8) is 0 Å². The first-order valence-corrected chi connectivity index (χ1v) is 9.34. The van der Waals surface area contributed by atoms with Crippen LogP contribution in [0.1, 0.15) is 32.6 Å². The maximum Gasteiger partial charge on any atom is 0.202 e. The largest absolute Gasteiger partial charge is 0.358 e. The number of hydrogen-bond donors (Lipinski definition) is 3. The lowest BCUT2D eigenvalue weighted by Gasteiger charge is -2.30. The summed E-state index contributed by atoms with van der Waals surface area (Å²) in [5.41, 5.74) is 8.23. The van der Waals surface area contributed by atoms with Crippen LogP contribution in [0.4, 0.5) is 5.13 Å². The number of benzene rings is 1. The molecule has 2 aromatic rings. The minimum absolute atomic E-state index is 0.474. The Morgan fingerprint density at radius 3 is 2.78 bits per heavy atom. The average molecular weight is 347 g/mol. The van der Waals surface area contributed by atoms with Gasteiger partial charge in [-0.1, -0.05) is 50.1 Å². The molecule has 1 saturated carbocycles. The molecule has 0 unspecified atom stereocenters. The first-order chi connectivity index (χ1) is 11.2. The highest BCUT2D eigenvalue weighted by molar-refractivity contribution is 7.80. The maximum atomic E-state index is 5.38. The molecule has 4 nitrogen and oxygen atoms in total. The number of hydrazine groups is 1. The zero-order valence-corrected chi connectivity index (χ0v) is 14.8. The van der Waals surface area contributed by atoms with E-state index in [0.717, 1.165) is 16.4 Å². The van der Waals surface area contributed by atoms with Crippen LogP contribution in [0.2, 0.25) is 0 Å². The first-order valence-electron chi connectivity index (χ1n) is 8.06. The van der Waals surface area contributed by atoms with Gasteiger partial charge < -0.3 is 5.32 Å². The number of thiazole rings is 1. The molecular formula is C17H22N4S2. The molecule has 0 radical (unpaired) electrons. The van der Waals surface area contributed by atoms with E-state index in [4.69, 9.17) is 12.2 Å². The van der Waals surface area contributed by atoms with Crippen LogP contribution >= 0.6 is 23.6 Å². The van der Waals surface area contributed by atoms with Gasteiger partial charge in [0.15, 0.2) is 5.11 Å². The number of aromatic nitrogens is 1. The Morgan fingerprint density at radius 1 is 1.22 bits per heavy atom. The Balaban J connectivity index is 1.50. The predicted octanol–water partition coefficient (Wildman–Crippen LogP) is 4.18. The quantitative estimate of drug-likeness (QED) is 0.573. The van der Waals surface area contributed by atoms with Gasteiger partial charge in [0.1, 0.15) is 0 Å². The van der Waals surface area contributed by atoms with Gasteiger partial charge in [0.2, 0.25) is 5.13 Å². The van der Waals surface area contributed by atoms with Crippen molar-refractivity contribution in [2.75, 3.05) is 5.43 Å². The lowest BCUT2D eigenvalue weighted by molar-refractivity contribution is 0.308. The SMILES string of the molecule is C[C@@H]1CCCC[C@H]1NC(=S)NNc1nc(-c2ccccc2)cs1. The van der Waals surface area contributed by atoms with E-state index in [1.54, 1.807) is 11.3 Å². The van der Waals surface area contributed by atoms with Crippen molar-refractivity contribution in [3.8, 4) is 11.3 Å². The second kappa shape index (κ2) is 7.75. The van der Waals surface area contributed by atoms with Crippen LogP contribution in [0, 0.1) is 5.92 Å². The minimum Gasteiger partial charge on any atom is -0.358 e. The van der Waals surface area contributed by atoms with E-state index < -0.39 is 0 Å². The number of thiocarbonyl (C=S) groups is 1. The Labute approximate surface area is 146 Å². The molecule has 6 heteroatoms. The fourth-order valence-electron chi connectivity index (χ4n) is 2.92. The second-order valence-corrected chi connectivity index (χ2v) is 7.26. The van der Waals surface area contributed by atoms with E-state index in [0.29, 0.717) is 17.1 Å². The molecule has 1 heterocycles. The Kier molecular flexibility index (Phi) is 5.46. The fourth-order valence-corrected chi connectivity index (χ4v) is 3.79. The third kappa shape index (κ3) is 4.42. The predicted molar refractivity (Wildman–Crippen MR) is 101 cm³/mol. The summed E-state index contributed by atoms with van der Waals surface area (Å²) >= 11 is 6.94. The standard InChI is InChI=1S/C17H22N4S2/c1-12-7-5-6-10-14(12)18-16(22)20-21-17-19-15(11-23-17)13-8-3-2-4-9-13/h2-4,8-9,11-12,14H,5-7,10H2,1H3,(H,19,21)(H2,18,20,22)/t12-,14-/m1/s1. The number of rotatable bonds is 4. The van der Waals surface area contributed by atoms with Crippen LogP contribution in [0.3, 0.4) is 0 Å². The van der Waals surface area contributed by atoms with E-state index in [2.05, 4.69) is 40.2 Å². The van der Waals surface area contributed by atoms with Crippen molar-refractivity contribution in [1.82, 2.24) is 15.7 Å². The molecule has 0 saturated heterocycles. The zero-order chi connectivity index (χ0) is 16.1. The maximum absolute atomic E-state index is 5.38. The molecular weight excluding hydrogens is 324 g/mol. The molecule has 3 rings (SSSR count). The smallest absolute Gasteiger partial charge is 0.202 e. The molecule has 1 aromatic heterocycles. The number of nitrogens with one attached hydrogen (secondary N) is 3. The van der Waals surface area contributed by atoms with Gasteiger partial charge in [0, 0.05) is 17.0 Å². The molecule has 1 aromatic carbocycles. The summed E-state index contributed by atoms with van der Waals surface area (Å²) in [6, 6.07) is 10.6. The molecule has 3 N–H and O–H groups in total. The van der Waals surface area contributed by atoms with Gasteiger partial charge >= 0.3 is 0 Å². The molecule has 0 amide bonds. The molecule has 122 valence electrons. The minimum atomic E-state index is 0.474. The topological polar surface area (TPSA) is 49.0 Å². The van der Waals surface area contributed by atoms with E-state index >= 15 is 0 Å². The van der Waals surface area contributed by atoms with Crippen LogP contribution in [0.25, 0.3) is 11.3 Å². The van der Waals surface area contributed by atoms with Gasteiger partial charge in [-0.3, -0.25) is 10.9 Å². The van der Waals surface area contributed by atoms with Crippen LogP contribution in [0.5, 0.6) is 0 Å². The fraction of sp³-hybridized carbons (Fsp3) is 0.412. The lowest BCUT2D eigenvalue weighted by atomic mass is 9.86. The van der Waals surface area contributed by atoms with Gasteiger partial charge in [-0.2, -0.15) is 0 Å². The molecule has 23 heavy (non-hydrogen) atoms. The Morgan fingerprint density at radius 2 is 2.00 bits per heavy atom. The van der Waals surface area contributed by atoms with Crippen LogP contribution in [-0.2, 0) is 0 Å². The summed E-state index contributed by atoms with van der Waals surface area (Å²) in [7, 11) is 0. The van der Waals surface area contributed by atoms with Crippen molar-refractivity contribution in [2.24, 2.45) is 5.92 Å². The summed E-state index contributed by atoms with van der Waals surface area (Å²) < 4.78 is 0. The Hall–Kier alpha value is -1.66. The van der Waals surface area contributed by atoms with Crippen LogP contribution in [-0.4, -0.2) is 16.1 Å². The molecule has 2 atom stereocenters. The third-order valence-corrected chi connectivity index (χ3v) is 5.26. The van der Waals surface area contributed by atoms with Gasteiger partial charge in [0.25, 0.3) is 0 Å². The molecule has 0 spiro atoms. The summed E-state index contributed by atoms with van der Waals surface area (Å²) in [6.07, 6.45) is 5.09. The van der Waals surface area contributed by atoms with Crippen LogP contribution < -0.4 is 16.2 Å². The highest BCUT2D eigenvalue weighted by Crippen LogP contribution is 2.25. The molecule has 1 aliphatic carbocycles. The normalized spacial score (nSPS) is 20.7. The van der Waals surface area contributed by atoms with E-state index in [1.807, 2.05) is 23.6 Å². The van der Waals surface area contributed by atoms with Gasteiger partial charge in [-0.25, -0.2) is 4.98 Å². The van der Waals surface area contributed by atoms with Crippen LogP contribution in [0.15, 0.2) is 35.7 Å². The van der Waals surface area contributed by atoms with E-state index in [1.165, 1.54) is 25.7 Å². The second-order valence-electron chi connectivity index (χ2n) is 6.00. The molecule has 0 aliphatic heterocycles. The summed E-state index contributed by atoms with van der Waals surface area (Å²) in [5, 5.41) is 6.90. The first kappa shape index (κ1) is 16.2. The molecule has 0 bridgehead atoms. The van der Waals surface area contributed by atoms with E-state index in [-0.39, 0.29) is 0 Å². The zero-order valence-electron chi connectivity index (χ0n) is 13.2. The summed E-state index contributed by atoms with van der Waals surface area (Å²) in [6.45, 7) is 2.29. The van der Waals surface area contributed by atoms with Gasteiger partial charge in [-0.05, 0) is 31.0 Å². The van der Waals surface area contributed by atoms with Crippen molar-refractivity contribution in [3.05, 3.63) is 35.7 Å². The van der Waals surface area contributed by atoms with Crippen molar-refractivity contribution in [2.45, 2.75) is 38.6 Å². The Bertz CT molecular complexity index is 641. The van der Waals surface area contributed by atoms with Crippen molar-refractivity contribution >= 4 is 33.8 Å². The number of hydrogen-bond acceptors (Lipinski definition) is 4. The highest BCUT2D eigenvalue weighted by Gasteiger charge is 2.21.